The molecular formula is C12H24N2O3. The van der Waals surface area contributed by atoms with E-state index in [0.29, 0.717) is 38.3 Å². The normalized spacial score (nSPS) is 23.9. The zero-order valence-corrected chi connectivity index (χ0v) is 10.8. The van der Waals surface area contributed by atoms with Gasteiger partial charge in [0.2, 0.25) is 5.91 Å². The van der Waals surface area contributed by atoms with Gasteiger partial charge >= 0.3 is 0 Å². The summed E-state index contributed by atoms with van der Waals surface area (Å²) in [6.07, 6.45) is 3.48. The van der Waals surface area contributed by atoms with Crippen molar-refractivity contribution in [3.63, 3.8) is 0 Å². The van der Waals surface area contributed by atoms with Gasteiger partial charge in [-0.25, -0.2) is 0 Å². The van der Waals surface area contributed by atoms with Crippen LogP contribution in [-0.4, -0.2) is 51.5 Å². The molecule has 17 heavy (non-hydrogen) atoms. The Labute approximate surface area is 103 Å². The molecule has 0 aliphatic carbocycles. The number of amides is 1. The summed E-state index contributed by atoms with van der Waals surface area (Å²) in [5.74, 6) is 0.0651. The summed E-state index contributed by atoms with van der Waals surface area (Å²) in [7, 11) is 1.62. The maximum absolute atomic E-state index is 11.3. The highest BCUT2D eigenvalue weighted by Crippen LogP contribution is 2.17. The molecule has 0 aromatic rings. The lowest BCUT2D eigenvalue weighted by atomic mass is 10.2. The molecule has 0 aromatic carbocycles. The third-order valence-electron chi connectivity index (χ3n) is 2.85. The summed E-state index contributed by atoms with van der Waals surface area (Å²) in [5.41, 5.74) is 0. The number of ether oxygens (including phenoxy) is 2. The Hall–Kier alpha value is -0.650. The minimum atomic E-state index is 0.0651. The predicted octanol–water partition coefficient (Wildman–Crippen LogP) is 0.296. The second-order valence-corrected chi connectivity index (χ2v) is 4.44. The van der Waals surface area contributed by atoms with Crippen LogP contribution in [-0.2, 0) is 14.3 Å². The molecule has 1 fully saturated rings. The van der Waals surface area contributed by atoms with Crippen LogP contribution in [0.2, 0.25) is 0 Å². The van der Waals surface area contributed by atoms with Gasteiger partial charge in [0.15, 0.2) is 0 Å². The quantitative estimate of drug-likeness (QED) is 0.603. The van der Waals surface area contributed by atoms with E-state index in [-0.39, 0.29) is 5.91 Å². The lowest BCUT2D eigenvalue weighted by molar-refractivity contribution is -0.121. The van der Waals surface area contributed by atoms with Gasteiger partial charge in [0.1, 0.15) is 0 Å². The highest BCUT2D eigenvalue weighted by atomic mass is 16.5. The summed E-state index contributed by atoms with van der Waals surface area (Å²) < 4.78 is 10.5. The van der Waals surface area contributed by atoms with E-state index in [4.69, 9.17) is 9.47 Å². The van der Waals surface area contributed by atoms with Crippen molar-refractivity contribution >= 4 is 5.91 Å². The molecule has 0 bridgehead atoms. The van der Waals surface area contributed by atoms with Crippen molar-refractivity contribution in [2.75, 3.05) is 33.4 Å². The number of hydrogen-bond acceptors (Lipinski definition) is 4. The standard InChI is InChI=1S/C12H24N2O3/c1-10-3-4-11(17-10)9-13-6-5-12(15)14-7-8-16-2/h10-11,13H,3-9H2,1-2H3,(H,14,15). The Morgan fingerprint density at radius 2 is 2.24 bits per heavy atom. The van der Waals surface area contributed by atoms with Crippen LogP contribution in [0.3, 0.4) is 0 Å². The Balaban J connectivity index is 1.91. The second kappa shape index (κ2) is 8.44. The van der Waals surface area contributed by atoms with Crippen molar-refractivity contribution in [1.82, 2.24) is 10.6 Å². The van der Waals surface area contributed by atoms with E-state index >= 15 is 0 Å². The maximum atomic E-state index is 11.3. The van der Waals surface area contributed by atoms with Crippen LogP contribution in [0.5, 0.6) is 0 Å². The van der Waals surface area contributed by atoms with Crippen molar-refractivity contribution < 1.29 is 14.3 Å². The molecule has 2 atom stereocenters. The van der Waals surface area contributed by atoms with Crippen LogP contribution in [0.25, 0.3) is 0 Å². The largest absolute Gasteiger partial charge is 0.383 e. The molecule has 1 aliphatic heterocycles. The lowest BCUT2D eigenvalue weighted by Crippen LogP contribution is -2.32. The first-order valence-corrected chi connectivity index (χ1v) is 6.34. The summed E-state index contributed by atoms with van der Waals surface area (Å²) in [5, 5.41) is 6.04. The van der Waals surface area contributed by atoms with Crippen molar-refractivity contribution in [1.29, 1.82) is 0 Å². The molecule has 2 unspecified atom stereocenters. The molecule has 1 saturated heterocycles. The predicted molar refractivity (Wildman–Crippen MR) is 65.9 cm³/mol. The van der Waals surface area contributed by atoms with E-state index in [1.807, 2.05) is 0 Å². The van der Waals surface area contributed by atoms with E-state index < -0.39 is 0 Å². The number of carbonyl (C=O) groups is 1. The van der Waals surface area contributed by atoms with Crippen molar-refractivity contribution in [2.45, 2.75) is 38.4 Å². The number of hydrogen-bond donors (Lipinski definition) is 2. The van der Waals surface area contributed by atoms with Crippen molar-refractivity contribution in [3.8, 4) is 0 Å². The van der Waals surface area contributed by atoms with Crippen LogP contribution in [0, 0.1) is 0 Å². The Kier molecular flexibility index (Phi) is 7.16. The first kappa shape index (κ1) is 14.4. The van der Waals surface area contributed by atoms with Crippen LogP contribution < -0.4 is 10.6 Å². The molecule has 0 aromatic heterocycles. The minimum absolute atomic E-state index is 0.0651. The van der Waals surface area contributed by atoms with Gasteiger partial charge < -0.3 is 20.1 Å². The van der Waals surface area contributed by atoms with Gasteiger partial charge in [-0.1, -0.05) is 0 Å². The number of nitrogens with one attached hydrogen (secondary N) is 2. The number of methoxy groups -OCH3 is 1. The number of carbonyl (C=O) groups excluding carboxylic acids is 1. The summed E-state index contributed by atoms with van der Waals surface area (Å²) >= 11 is 0. The molecule has 0 saturated carbocycles. The third-order valence-corrected chi connectivity index (χ3v) is 2.85. The van der Waals surface area contributed by atoms with Gasteiger partial charge in [0.05, 0.1) is 18.8 Å². The monoisotopic (exact) mass is 244 g/mol. The van der Waals surface area contributed by atoms with Crippen LogP contribution in [0.15, 0.2) is 0 Å². The van der Waals surface area contributed by atoms with Crippen molar-refractivity contribution in [3.05, 3.63) is 0 Å². The topological polar surface area (TPSA) is 59.6 Å². The smallest absolute Gasteiger partial charge is 0.221 e. The highest BCUT2D eigenvalue weighted by molar-refractivity contribution is 5.75. The molecule has 1 rings (SSSR count). The van der Waals surface area contributed by atoms with Crippen molar-refractivity contribution in [2.24, 2.45) is 0 Å². The third kappa shape index (κ3) is 6.61. The summed E-state index contributed by atoms with van der Waals surface area (Å²) in [6, 6.07) is 0. The highest BCUT2D eigenvalue weighted by Gasteiger charge is 2.20. The zero-order chi connectivity index (χ0) is 12.5. The van der Waals surface area contributed by atoms with Gasteiger partial charge in [0.25, 0.3) is 0 Å². The van der Waals surface area contributed by atoms with Gasteiger partial charge in [-0.15, -0.1) is 0 Å². The second-order valence-electron chi connectivity index (χ2n) is 4.44. The molecule has 1 amide bonds. The van der Waals surface area contributed by atoms with Gasteiger partial charge in [-0.3, -0.25) is 4.79 Å². The first-order chi connectivity index (χ1) is 8.22. The first-order valence-electron chi connectivity index (χ1n) is 6.34. The fourth-order valence-electron chi connectivity index (χ4n) is 1.88. The van der Waals surface area contributed by atoms with E-state index in [2.05, 4.69) is 17.6 Å². The molecule has 1 heterocycles. The fourth-order valence-corrected chi connectivity index (χ4v) is 1.88. The molecule has 0 radical (unpaired) electrons. The SMILES string of the molecule is COCCNC(=O)CCNCC1CCC(C)O1. The summed E-state index contributed by atoms with van der Waals surface area (Å²) in [4.78, 5) is 11.3. The maximum Gasteiger partial charge on any atom is 0.221 e. The molecule has 2 N–H and O–H groups in total. The summed E-state index contributed by atoms with van der Waals surface area (Å²) in [6.45, 7) is 4.79. The molecule has 5 nitrogen and oxygen atoms in total. The fraction of sp³-hybridized carbons (Fsp3) is 0.917. The molecule has 0 spiro atoms. The van der Waals surface area contributed by atoms with Crippen LogP contribution in [0.4, 0.5) is 0 Å². The van der Waals surface area contributed by atoms with Gasteiger partial charge in [-0.05, 0) is 19.8 Å². The Morgan fingerprint density at radius 1 is 1.41 bits per heavy atom. The molecule has 5 heteroatoms. The Morgan fingerprint density at radius 3 is 2.88 bits per heavy atom. The number of rotatable bonds is 8. The lowest BCUT2D eigenvalue weighted by Gasteiger charge is -2.12. The van der Waals surface area contributed by atoms with Crippen LogP contribution >= 0.6 is 0 Å². The molecular weight excluding hydrogens is 220 g/mol. The average molecular weight is 244 g/mol. The van der Waals surface area contributed by atoms with Gasteiger partial charge in [-0.2, -0.15) is 0 Å². The van der Waals surface area contributed by atoms with Gasteiger partial charge in [0, 0.05) is 33.2 Å². The average Bonchev–Trinajstić information content (AvgIpc) is 2.71. The van der Waals surface area contributed by atoms with E-state index in [9.17, 15) is 4.79 Å². The van der Waals surface area contributed by atoms with E-state index in [1.54, 1.807) is 7.11 Å². The Bertz CT molecular complexity index is 224. The molecule has 1 aliphatic rings. The van der Waals surface area contributed by atoms with Crippen LogP contribution in [0.1, 0.15) is 26.2 Å². The molecule has 100 valence electrons. The van der Waals surface area contributed by atoms with E-state index in [0.717, 1.165) is 19.4 Å². The minimum Gasteiger partial charge on any atom is -0.383 e. The zero-order valence-electron chi connectivity index (χ0n) is 10.8. The van der Waals surface area contributed by atoms with E-state index in [1.165, 1.54) is 0 Å².